The molecular formula is C20H21FN6O2. The normalized spacial score (nSPS) is 19.0. The summed E-state index contributed by atoms with van der Waals surface area (Å²) >= 11 is 0. The van der Waals surface area contributed by atoms with Crippen molar-refractivity contribution in [1.29, 1.82) is 0 Å². The zero-order valence-electron chi connectivity index (χ0n) is 16.2. The summed E-state index contributed by atoms with van der Waals surface area (Å²) in [6.45, 7) is 0.498. The van der Waals surface area contributed by atoms with Gasteiger partial charge in [-0.1, -0.05) is 0 Å². The first kappa shape index (κ1) is 18.0. The lowest BCUT2D eigenvalue weighted by atomic mass is 9.83. The number of halogens is 1. The number of benzene rings is 1. The van der Waals surface area contributed by atoms with Crippen LogP contribution in [0.25, 0.3) is 21.9 Å². The molecule has 1 unspecified atom stereocenters. The minimum atomic E-state index is -0.398. The van der Waals surface area contributed by atoms with Crippen molar-refractivity contribution in [2.45, 2.75) is 24.9 Å². The molecule has 1 aliphatic carbocycles. The van der Waals surface area contributed by atoms with Crippen molar-refractivity contribution in [2.75, 3.05) is 26.1 Å². The molecule has 3 aromatic heterocycles. The number of hydrogen-bond donors (Lipinski definition) is 3. The van der Waals surface area contributed by atoms with Gasteiger partial charge >= 0.3 is 0 Å². The number of ether oxygens (including phenoxy) is 2. The van der Waals surface area contributed by atoms with Crippen LogP contribution < -0.4 is 5.32 Å². The van der Waals surface area contributed by atoms with E-state index in [4.69, 9.17) is 9.47 Å². The fraction of sp³-hybridized carbons (Fsp3) is 0.350. The van der Waals surface area contributed by atoms with Gasteiger partial charge in [0.2, 0.25) is 0 Å². The van der Waals surface area contributed by atoms with E-state index in [9.17, 15) is 4.39 Å². The summed E-state index contributed by atoms with van der Waals surface area (Å²) in [4.78, 5) is 12.2. The van der Waals surface area contributed by atoms with Crippen LogP contribution in [-0.2, 0) is 22.3 Å². The smallest absolute Gasteiger partial charge is 0.148 e. The molecule has 1 aliphatic rings. The summed E-state index contributed by atoms with van der Waals surface area (Å²) in [5.41, 5.74) is 3.49. The van der Waals surface area contributed by atoms with E-state index in [1.807, 2.05) is 0 Å². The molecule has 0 fully saturated rings. The molecule has 8 nitrogen and oxygen atoms in total. The van der Waals surface area contributed by atoms with Gasteiger partial charge in [0.15, 0.2) is 0 Å². The van der Waals surface area contributed by atoms with Crippen molar-refractivity contribution < 1.29 is 13.9 Å². The number of hydrogen-bond acceptors (Lipinski definition) is 6. The van der Waals surface area contributed by atoms with Gasteiger partial charge in [-0.25, -0.2) is 14.4 Å². The van der Waals surface area contributed by atoms with E-state index in [2.05, 4.69) is 30.5 Å². The standard InChI is InChI=1S/C20H21FN6O2/c1-28-9-20(29-2)4-3-14-12(7-20)17-18(25-14)22-10-23-19(17)26-16-5-11-8-24-27-15(11)6-13(16)21/h5-6,8,10H,3-4,7,9H2,1-2H3,(H,24,27)(H2,22,23,25,26). The Morgan fingerprint density at radius 2 is 2.17 bits per heavy atom. The van der Waals surface area contributed by atoms with Crippen molar-refractivity contribution >= 4 is 33.4 Å². The number of rotatable bonds is 5. The maximum Gasteiger partial charge on any atom is 0.148 e. The van der Waals surface area contributed by atoms with Crippen LogP contribution in [0.2, 0.25) is 0 Å². The van der Waals surface area contributed by atoms with Crippen molar-refractivity contribution in [3.05, 3.63) is 41.7 Å². The van der Waals surface area contributed by atoms with Gasteiger partial charge in [0, 0.05) is 37.8 Å². The second-order valence-corrected chi connectivity index (χ2v) is 7.44. The molecule has 1 aromatic carbocycles. The van der Waals surface area contributed by atoms with Crippen LogP contribution in [0.4, 0.5) is 15.9 Å². The van der Waals surface area contributed by atoms with Gasteiger partial charge in [0.25, 0.3) is 0 Å². The number of aromatic amines is 2. The van der Waals surface area contributed by atoms with Gasteiger partial charge in [-0.3, -0.25) is 5.10 Å². The lowest BCUT2D eigenvalue weighted by Gasteiger charge is -2.35. The highest BCUT2D eigenvalue weighted by molar-refractivity contribution is 5.94. The number of methoxy groups -OCH3 is 2. The highest BCUT2D eigenvalue weighted by Crippen LogP contribution is 2.38. The minimum Gasteiger partial charge on any atom is -0.382 e. The van der Waals surface area contributed by atoms with Crippen LogP contribution in [0.1, 0.15) is 17.7 Å². The Hall–Kier alpha value is -3.04. The van der Waals surface area contributed by atoms with Crippen molar-refractivity contribution in [3.8, 4) is 0 Å². The summed E-state index contributed by atoms with van der Waals surface area (Å²) in [5.74, 6) is 0.169. The van der Waals surface area contributed by atoms with Crippen LogP contribution in [0.3, 0.4) is 0 Å². The number of fused-ring (bicyclic) bond motifs is 4. The van der Waals surface area contributed by atoms with Gasteiger partial charge in [0.05, 0.1) is 35.0 Å². The van der Waals surface area contributed by atoms with Crippen molar-refractivity contribution in [1.82, 2.24) is 25.1 Å². The van der Waals surface area contributed by atoms with Crippen LogP contribution in [-0.4, -0.2) is 51.6 Å². The van der Waals surface area contributed by atoms with Crippen molar-refractivity contribution in [3.63, 3.8) is 0 Å². The molecule has 3 N–H and O–H groups in total. The Kier molecular flexibility index (Phi) is 4.21. The zero-order valence-corrected chi connectivity index (χ0v) is 16.2. The molecule has 0 saturated carbocycles. The van der Waals surface area contributed by atoms with E-state index in [0.29, 0.717) is 30.0 Å². The molecule has 0 saturated heterocycles. The molecule has 5 rings (SSSR count). The largest absolute Gasteiger partial charge is 0.382 e. The number of aryl methyl sites for hydroxylation is 1. The highest BCUT2D eigenvalue weighted by atomic mass is 19.1. The summed E-state index contributed by atoms with van der Waals surface area (Å²) in [6, 6.07) is 3.13. The van der Waals surface area contributed by atoms with Gasteiger partial charge in [-0.15, -0.1) is 0 Å². The Bertz CT molecular complexity index is 1200. The van der Waals surface area contributed by atoms with Gasteiger partial charge < -0.3 is 19.8 Å². The molecule has 0 spiro atoms. The van der Waals surface area contributed by atoms with E-state index < -0.39 is 5.60 Å². The van der Waals surface area contributed by atoms with E-state index in [1.54, 1.807) is 26.5 Å². The Morgan fingerprint density at radius 3 is 3.00 bits per heavy atom. The number of aromatic nitrogens is 5. The first-order chi connectivity index (χ1) is 14.1. The van der Waals surface area contributed by atoms with E-state index in [0.717, 1.165) is 40.5 Å². The summed E-state index contributed by atoms with van der Waals surface area (Å²) in [7, 11) is 3.39. The Labute approximate surface area is 165 Å². The second kappa shape index (κ2) is 6.78. The lowest BCUT2D eigenvalue weighted by Crippen LogP contribution is -2.42. The summed E-state index contributed by atoms with van der Waals surface area (Å²) in [5, 5.41) is 11.5. The van der Waals surface area contributed by atoms with Crippen LogP contribution >= 0.6 is 0 Å². The maximum absolute atomic E-state index is 14.6. The zero-order chi connectivity index (χ0) is 20.0. The van der Waals surface area contributed by atoms with E-state index in [-0.39, 0.29) is 5.82 Å². The third kappa shape index (κ3) is 2.93. The molecule has 0 radical (unpaired) electrons. The molecule has 3 heterocycles. The quantitative estimate of drug-likeness (QED) is 0.479. The molecule has 0 amide bonds. The summed E-state index contributed by atoms with van der Waals surface area (Å²) < 4.78 is 25.9. The van der Waals surface area contributed by atoms with Crippen LogP contribution in [0, 0.1) is 5.82 Å². The number of nitrogens with zero attached hydrogens (tertiary/aromatic N) is 3. The topological polar surface area (TPSA) is 101 Å². The average molecular weight is 396 g/mol. The molecule has 150 valence electrons. The SMILES string of the molecule is COCC1(OC)CCc2[nH]c3ncnc(Nc4cc5cn[nH]c5cc4F)c3c2C1. The fourth-order valence-corrected chi connectivity index (χ4v) is 4.21. The molecule has 0 bridgehead atoms. The Morgan fingerprint density at radius 1 is 1.28 bits per heavy atom. The van der Waals surface area contributed by atoms with Gasteiger partial charge in [-0.05, 0) is 24.5 Å². The number of H-pyrrole nitrogens is 2. The fourth-order valence-electron chi connectivity index (χ4n) is 4.21. The number of nitrogens with one attached hydrogen (secondary N) is 3. The van der Waals surface area contributed by atoms with Crippen molar-refractivity contribution in [2.24, 2.45) is 0 Å². The van der Waals surface area contributed by atoms with Crippen LogP contribution in [0.15, 0.2) is 24.7 Å². The maximum atomic E-state index is 14.6. The Balaban J connectivity index is 1.60. The average Bonchev–Trinajstić information content (AvgIpc) is 3.32. The molecule has 1 atom stereocenters. The molecule has 9 heteroatoms. The third-order valence-electron chi connectivity index (χ3n) is 5.73. The predicted molar refractivity (Wildman–Crippen MR) is 107 cm³/mol. The van der Waals surface area contributed by atoms with E-state index >= 15 is 0 Å². The highest BCUT2D eigenvalue weighted by Gasteiger charge is 2.37. The third-order valence-corrected chi connectivity index (χ3v) is 5.73. The second-order valence-electron chi connectivity index (χ2n) is 7.44. The molecular weight excluding hydrogens is 375 g/mol. The minimum absolute atomic E-state index is 0.333. The molecule has 0 aliphatic heterocycles. The van der Waals surface area contributed by atoms with Crippen LogP contribution in [0.5, 0.6) is 0 Å². The first-order valence-corrected chi connectivity index (χ1v) is 9.40. The van der Waals surface area contributed by atoms with Gasteiger partial charge in [-0.2, -0.15) is 5.10 Å². The van der Waals surface area contributed by atoms with E-state index in [1.165, 1.54) is 12.4 Å². The number of anilines is 2. The summed E-state index contributed by atoms with van der Waals surface area (Å²) in [6.07, 6.45) is 5.46. The lowest BCUT2D eigenvalue weighted by molar-refractivity contribution is -0.0721. The molecule has 29 heavy (non-hydrogen) atoms. The molecule has 4 aromatic rings. The van der Waals surface area contributed by atoms with Gasteiger partial charge in [0.1, 0.15) is 23.6 Å². The monoisotopic (exact) mass is 396 g/mol. The predicted octanol–water partition coefficient (Wildman–Crippen LogP) is 3.24. The first-order valence-electron chi connectivity index (χ1n) is 9.40.